The van der Waals surface area contributed by atoms with Gasteiger partial charge in [-0.1, -0.05) is 27.2 Å². The van der Waals surface area contributed by atoms with Gasteiger partial charge in [-0.15, -0.1) is 0 Å². The molecule has 130 valence electrons. The van der Waals surface area contributed by atoms with Crippen molar-refractivity contribution in [3.8, 4) is 0 Å². The van der Waals surface area contributed by atoms with Crippen LogP contribution in [0.2, 0.25) is 0 Å². The van der Waals surface area contributed by atoms with Crippen LogP contribution in [0.5, 0.6) is 0 Å². The van der Waals surface area contributed by atoms with Crippen molar-refractivity contribution in [3.63, 3.8) is 0 Å². The predicted molar refractivity (Wildman–Crippen MR) is 84.9 cm³/mol. The average molecular weight is 324 g/mol. The van der Waals surface area contributed by atoms with E-state index in [4.69, 9.17) is 4.74 Å². The average Bonchev–Trinajstić information content (AvgIpc) is 2.51. The lowest BCUT2D eigenvalue weighted by Crippen LogP contribution is -2.55. The Morgan fingerprint density at radius 3 is 2.39 bits per heavy atom. The first-order valence-electron chi connectivity index (χ1n) is 8.38. The van der Waals surface area contributed by atoms with Crippen LogP contribution in [-0.2, 0) is 19.1 Å². The summed E-state index contributed by atoms with van der Waals surface area (Å²) in [5, 5.41) is 0. The zero-order valence-corrected chi connectivity index (χ0v) is 14.5. The fourth-order valence-electron chi connectivity index (χ4n) is 3.86. The number of carbonyl (C=O) groups is 3. The van der Waals surface area contributed by atoms with Gasteiger partial charge < -0.3 is 4.74 Å². The molecule has 3 atom stereocenters. The van der Waals surface area contributed by atoms with Crippen molar-refractivity contribution in [1.82, 2.24) is 10.9 Å². The standard InChI is InChI=1S/C17H28N2O4/c1-16(2,3)14(21)18-19-15(22)17-8-5-6-11(10-17)12(7-9-17)13(20)23-4/h11-12H,5-10H2,1-4H3,(H,18,21)(H,19,22). The Hall–Kier alpha value is -1.59. The van der Waals surface area contributed by atoms with Crippen LogP contribution in [0.15, 0.2) is 0 Å². The molecule has 2 rings (SSSR count). The molecule has 2 N–H and O–H groups in total. The van der Waals surface area contributed by atoms with Crippen molar-refractivity contribution in [2.24, 2.45) is 22.7 Å². The normalized spacial score (nSPS) is 30.3. The molecule has 0 aromatic rings. The quantitative estimate of drug-likeness (QED) is 0.600. The zero-order valence-electron chi connectivity index (χ0n) is 14.5. The van der Waals surface area contributed by atoms with Crippen LogP contribution in [0.3, 0.4) is 0 Å². The van der Waals surface area contributed by atoms with Gasteiger partial charge in [0.15, 0.2) is 0 Å². The van der Waals surface area contributed by atoms with E-state index in [0.717, 1.165) is 19.3 Å². The van der Waals surface area contributed by atoms with Gasteiger partial charge in [0.1, 0.15) is 0 Å². The van der Waals surface area contributed by atoms with Gasteiger partial charge in [0.2, 0.25) is 11.8 Å². The number of amides is 2. The molecule has 2 amide bonds. The summed E-state index contributed by atoms with van der Waals surface area (Å²) in [6.45, 7) is 5.39. The molecule has 2 saturated carbocycles. The first kappa shape index (κ1) is 17.8. The summed E-state index contributed by atoms with van der Waals surface area (Å²) in [4.78, 5) is 36.5. The van der Waals surface area contributed by atoms with E-state index in [9.17, 15) is 14.4 Å². The van der Waals surface area contributed by atoms with Crippen molar-refractivity contribution < 1.29 is 19.1 Å². The summed E-state index contributed by atoms with van der Waals surface area (Å²) >= 11 is 0. The Labute approximate surface area is 137 Å². The molecule has 0 radical (unpaired) electrons. The third-order valence-corrected chi connectivity index (χ3v) is 5.34. The number of hydrogen-bond donors (Lipinski definition) is 2. The highest BCUT2D eigenvalue weighted by Gasteiger charge is 2.50. The largest absolute Gasteiger partial charge is 0.469 e. The Bertz CT molecular complexity index is 497. The highest BCUT2D eigenvalue weighted by molar-refractivity contribution is 5.88. The molecule has 0 aromatic carbocycles. The third kappa shape index (κ3) is 3.67. The smallest absolute Gasteiger partial charge is 0.308 e. The second-order valence-electron chi connectivity index (χ2n) is 7.96. The number of rotatable bonds is 2. The van der Waals surface area contributed by atoms with Crippen molar-refractivity contribution in [2.45, 2.75) is 59.3 Å². The van der Waals surface area contributed by atoms with E-state index in [1.54, 1.807) is 20.8 Å². The van der Waals surface area contributed by atoms with E-state index in [2.05, 4.69) is 10.9 Å². The topological polar surface area (TPSA) is 84.5 Å². The second-order valence-corrected chi connectivity index (χ2v) is 7.96. The summed E-state index contributed by atoms with van der Waals surface area (Å²) in [5.41, 5.74) is 4.13. The van der Waals surface area contributed by atoms with Crippen LogP contribution in [0.4, 0.5) is 0 Å². The monoisotopic (exact) mass is 324 g/mol. The third-order valence-electron chi connectivity index (χ3n) is 5.34. The number of hydrazine groups is 1. The Balaban J connectivity index is 2.00. The molecule has 2 aliphatic carbocycles. The highest BCUT2D eigenvalue weighted by Crippen LogP contribution is 2.51. The SMILES string of the molecule is COC(=O)C1CCC2(C(=O)NNC(=O)C(C)(C)C)CCCC1C2. The number of hydrogen-bond acceptors (Lipinski definition) is 4. The molecule has 0 spiro atoms. The van der Waals surface area contributed by atoms with E-state index in [0.29, 0.717) is 19.3 Å². The zero-order chi connectivity index (χ0) is 17.3. The van der Waals surface area contributed by atoms with Gasteiger partial charge in [0.25, 0.3) is 0 Å². The molecule has 6 nitrogen and oxygen atoms in total. The van der Waals surface area contributed by atoms with Crippen LogP contribution in [0.1, 0.15) is 59.3 Å². The molecule has 0 aliphatic heterocycles. The molecule has 2 aliphatic rings. The molecule has 2 fully saturated rings. The first-order chi connectivity index (χ1) is 10.7. The number of methoxy groups -OCH3 is 1. The van der Waals surface area contributed by atoms with Crippen molar-refractivity contribution in [2.75, 3.05) is 7.11 Å². The Kier molecular flexibility index (Phi) is 5.01. The van der Waals surface area contributed by atoms with E-state index >= 15 is 0 Å². The van der Waals surface area contributed by atoms with Crippen molar-refractivity contribution in [3.05, 3.63) is 0 Å². The van der Waals surface area contributed by atoms with Gasteiger partial charge in [-0.2, -0.15) is 0 Å². The number of nitrogens with one attached hydrogen (secondary N) is 2. The van der Waals surface area contributed by atoms with Gasteiger partial charge in [0, 0.05) is 5.41 Å². The lowest BCUT2D eigenvalue weighted by Gasteiger charge is -2.46. The van der Waals surface area contributed by atoms with Crippen molar-refractivity contribution >= 4 is 17.8 Å². The molecular formula is C17H28N2O4. The molecule has 2 bridgehead atoms. The minimum absolute atomic E-state index is 0.0922. The maximum atomic E-state index is 12.7. The van der Waals surface area contributed by atoms with Crippen molar-refractivity contribution in [1.29, 1.82) is 0 Å². The fraction of sp³-hybridized carbons (Fsp3) is 0.824. The summed E-state index contributed by atoms with van der Waals surface area (Å²) in [5.74, 6) is -0.382. The lowest BCUT2D eigenvalue weighted by atomic mass is 9.58. The minimum atomic E-state index is -0.553. The van der Waals surface area contributed by atoms with E-state index in [-0.39, 0.29) is 29.6 Å². The fourth-order valence-corrected chi connectivity index (χ4v) is 3.86. The molecule has 3 unspecified atom stereocenters. The summed E-state index contributed by atoms with van der Waals surface area (Å²) < 4.78 is 4.89. The van der Waals surface area contributed by atoms with Gasteiger partial charge >= 0.3 is 5.97 Å². The molecule has 23 heavy (non-hydrogen) atoms. The lowest BCUT2D eigenvalue weighted by molar-refractivity contribution is -0.155. The highest BCUT2D eigenvalue weighted by atomic mass is 16.5. The van der Waals surface area contributed by atoms with Gasteiger partial charge in [-0.25, -0.2) is 0 Å². The maximum absolute atomic E-state index is 12.7. The summed E-state index contributed by atoms with van der Waals surface area (Å²) in [6, 6.07) is 0. The number of fused-ring (bicyclic) bond motifs is 2. The summed E-state index contributed by atoms with van der Waals surface area (Å²) in [7, 11) is 1.42. The van der Waals surface area contributed by atoms with Crippen LogP contribution in [-0.4, -0.2) is 24.9 Å². The molecule has 6 heteroatoms. The Morgan fingerprint density at radius 1 is 1.09 bits per heavy atom. The minimum Gasteiger partial charge on any atom is -0.469 e. The van der Waals surface area contributed by atoms with Crippen LogP contribution in [0, 0.1) is 22.7 Å². The number of esters is 1. The summed E-state index contributed by atoms with van der Waals surface area (Å²) in [6.07, 6.45) is 4.75. The van der Waals surface area contributed by atoms with Gasteiger partial charge in [-0.05, 0) is 38.0 Å². The number of ether oxygens (including phenoxy) is 1. The molecule has 0 saturated heterocycles. The van der Waals surface area contributed by atoms with E-state index in [1.165, 1.54) is 7.11 Å². The molecule has 0 aromatic heterocycles. The van der Waals surface area contributed by atoms with E-state index in [1.807, 2.05) is 0 Å². The van der Waals surface area contributed by atoms with E-state index < -0.39 is 10.8 Å². The molecular weight excluding hydrogens is 296 g/mol. The van der Waals surface area contributed by atoms with Gasteiger partial charge in [0.05, 0.1) is 18.4 Å². The van der Waals surface area contributed by atoms with Crippen LogP contribution < -0.4 is 10.9 Å². The number of carbonyl (C=O) groups excluding carboxylic acids is 3. The van der Waals surface area contributed by atoms with Gasteiger partial charge in [-0.3, -0.25) is 25.2 Å². The van der Waals surface area contributed by atoms with Crippen LogP contribution in [0.25, 0.3) is 0 Å². The van der Waals surface area contributed by atoms with Crippen LogP contribution >= 0.6 is 0 Å². The molecule has 0 heterocycles. The Morgan fingerprint density at radius 2 is 1.78 bits per heavy atom. The predicted octanol–water partition coefficient (Wildman–Crippen LogP) is 1.94. The first-order valence-corrected chi connectivity index (χ1v) is 8.38. The maximum Gasteiger partial charge on any atom is 0.308 e. The second kappa shape index (κ2) is 6.49.